The monoisotopic (exact) mass is 357 g/mol. The number of benzene rings is 2. The molecule has 1 fully saturated rings. The average molecular weight is 357 g/mol. The van der Waals surface area contributed by atoms with E-state index in [0.717, 1.165) is 35.3 Å². The van der Waals surface area contributed by atoms with Crippen LogP contribution in [0, 0.1) is 6.92 Å². The molecule has 0 bridgehead atoms. The highest BCUT2D eigenvalue weighted by atomic mass is 16.2. The molecule has 4 nitrogen and oxygen atoms in total. The minimum atomic E-state index is -0.214. The molecular formula is C23H23N3O. The van der Waals surface area contributed by atoms with Crippen molar-refractivity contribution < 1.29 is 4.79 Å². The number of hydrogen-bond donors (Lipinski definition) is 2. The number of hydrogen-bond acceptors (Lipinski definition) is 3. The Morgan fingerprint density at radius 3 is 2.70 bits per heavy atom. The predicted molar refractivity (Wildman–Crippen MR) is 109 cm³/mol. The quantitative estimate of drug-likeness (QED) is 0.738. The van der Waals surface area contributed by atoms with Crippen LogP contribution in [0.2, 0.25) is 0 Å². The molecule has 0 aliphatic carbocycles. The van der Waals surface area contributed by atoms with Crippen LogP contribution in [0.5, 0.6) is 0 Å². The number of aromatic nitrogens is 1. The fourth-order valence-corrected chi connectivity index (χ4v) is 3.72. The Balaban J connectivity index is 1.56. The molecule has 2 heterocycles. The van der Waals surface area contributed by atoms with E-state index in [1.54, 1.807) is 6.20 Å². The third-order valence-electron chi connectivity index (χ3n) is 5.22. The molecule has 1 aliphatic rings. The summed E-state index contributed by atoms with van der Waals surface area (Å²) < 4.78 is 0. The highest BCUT2D eigenvalue weighted by molar-refractivity contribution is 5.97. The first kappa shape index (κ1) is 17.4. The second-order valence-electron chi connectivity index (χ2n) is 7.00. The van der Waals surface area contributed by atoms with Crippen molar-refractivity contribution in [3.8, 4) is 11.1 Å². The molecule has 3 aromatic rings. The number of anilines is 1. The Hall–Kier alpha value is -2.98. The van der Waals surface area contributed by atoms with E-state index in [1.807, 2.05) is 55.6 Å². The predicted octanol–water partition coefficient (Wildman–Crippen LogP) is 4.14. The van der Waals surface area contributed by atoms with Gasteiger partial charge in [0, 0.05) is 29.6 Å². The lowest BCUT2D eigenvalue weighted by molar-refractivity contribution is -0.118. The maximum absolute atomic E-state index is 13.0. The lowest BCUT2D eigenvalue weighted by Gasteiger charge is -2.20. The van der Waals surface area contributed by atoms with Crippen LogP contribution in [-0.2, 0) is 4.79 Å². The van der Waals surface area contributed by atoms with Gasteiger partial charge in [0.1, 0.15) is 0 Å². The van der Waals surface area contributed by atoms with E-state index < -0.39 is 0 Å². The molecule has 1 aromatic heterocycles. The highest BCUT2D eigenvalue weighted by Gasteiger charge is 2.33. The van der Waals surface area contributed by atoms with Gasteiger partial charge >= 0.3 is 0 Å². The first-order valence-corrected chi connectivity index (χ1v) is 9.32. The van der Waals surface area contributed by atoms with Gasteiger partial charge in [-0.25, -0.2) is 0 Å². The van der Waals surface area contributed by atoms with E-state index in [2.05, 4.69) is 33.8 Å². The van der Waals surface area contributed by atoms with E-state index in [9.17, 15) is 4.79 Å². The van der Waals surface area contributed by atoms with Gasteiger partial charge in [0.2, 0.25) is 5.91 Å². The summed E-state index contributed by atoms with van der Waals surface area (Å²) in [6, 6.07) is 20.1. The van der Waals surface area contributed by atoms with Gasteiger partial charge in [-0.1, -0.05) is 48.5 Å². The van der Waals surface area contributed by atoms with Crippen LogP contribution in [0.25, 0.3) is 11.1 Å². The topological polar surface area (TPSA) is 54.0 Å². The Morgan fingerprint density at radius 1 is 1.07 bits per heavy atom. The fourth-order valence-electron chi connectivity index (χ4n) is 3.72. The molecule has 27 heavy (non-hydrogen) atoms. The second kappa shape index (κ2) is 7.72. The molecule has 0 radical (unpaired) electrons. The lowest BCUT2D eigenvalue weighted by atomic mass is 9.91. The summed E-state index contributed by atoms with van der Waals surface area (Å²) in [5.41, 5.74) is 5.19. The van der Waals surface area contributed by atoms with Gasteiger partial charge < -0.3 is 10.6 Å². The first-order valence-electron chi connectivity index (χ1n) is 9.32. The summed E-state index contributed by atoms with van der Waals surface area (Å²) in [4.78, 5) is 17.2. The standard InChI is InChI=1S/C23H23N3O/c1-16-9-10-18(19-8-5-12-24-15-19)14-21(16)26-23(27)22-20(11-13-25-22)17-6-3-2-4-7-17/h2-10,12,14-15,20,22,25H,11,13H2,1H3,(H,26,27). The third-order valence-corrected chi connectivity index (χ3v) is 5.22. The molecule has 2 N–H and O–H groups in total. The zero-order valence-corrected chi connectivity index (χ0v) is 15.4. The Labute approximate surface area is 159 Å². The summed E-state index contributed by atoms with van der Waals surface area (Å²) in [5.74, 6) is 0.223. The summed E-state index contributed by atoms with van der Waals surface area (Å²) in [7, 11) is 0. The van der Waals surface area contributed by atoms with Crippen molar-refractivity contribution in [1.29, 1.82) is 0 Å². The van der Waals surface area contributed by atoms with Crippen LogP contribution in [0.4, 0.5) is 5.69 Å². The van der Waals surface area contributed by atoms with Gasteiger partial charge in [-0.2, -0.15) is 0 Å². The molecule has 1 amide bonds. The summed E-state index contributed by atoms with van der Waals surface area (Å²) >= 11 is 0. The largest absolute Gasteiger partial charge is 0.324 e. The van der Waals surface area contributed by atoms with E-state index in [1.165, 1.54) is 5.56 Å². The van der Waals surface area contributed by atoms with Crippen molar-refractivity contribution >= 4 is 11.6 Å². The van der Waals surface area contributed by atoms with Crippen LogP contribution in [-0.4, -0.2) is 23.5 Å². The molecule has 0 saturated carbocycles. The van der Waals surface area contributed by atoms with Crippen LogP contribution in [0.3, 0.4) is 0 Å². The zero-order valence-electron chi connectivity index (χ0n) is 15.4. The van der Waals surface area contributed by atoms with Crippen molar-refractivity contribution in [3.05, 3.63) is 84.2 Å². The number of carbonyl (C=O) groups is 1. The number of aryl methyl sites for hydroxylation is 1. The minimum Gasteiger partial charge on any atom is -0.324 e. The number of carbonyl (C=O) groups excluding carboxylic acids is 1. The molecule has 2 atom stereocenters. The fraction of sp³-hybridized carbons (Fsp3) is 0.217. The highest BCUT2D eigenvalue weighted by Crippen LogP contribution is 2.30. The van der Waals surface area contributed by atoms with Gasteiger partial charge in [0.25, 0.3) is 0 Å². The number of nitrogens with zero attached hydrogens (tertiary/aromatic N) is 1. The van der Waals surface area contributed by atoms with Gasteiger partial charge in [-0.15, -0.1) is 0 Å². The van der Waals surface area contributed by atoms with E-state index in [4.69, 9.17) is 0 Å². The maximum atomic E-state index is 13.0. The number of nitrogens with one attached hydrogen (secondary N) is 2. The average Bonchev–Trinajstić information content (AvgIpc) is 3.21. The molecule has 0 spiro atoms. The smallest absolute Gasteiger partial charge is 0.242 e. The third kappa shape index (κ3) is 3.76. The Morgan fingerprint density at radius 2 is 1.93 bits per heavy atom. The van der Waals surface area contributed by atoms with Crippen molar-refractivity contribution in [1.82, 2.24) is 10.3 Å². The van der Waals surface area contributed by atoms with Gasteiger partial charge in [-0.3, -0.25) is 9.78 Å². The second-order valence-corrected chi connectivity index (χ2v) is 7.00. The summed E-state index contributed by atoms with van der Waals surface area (Å²) in [6.07, 6.45) is 4.56. The van der Waals surface area contributed by atoms with Crippen molar-refractivity contribution in [2.45, 2.75) is 25.3 Å². The van der Waals surface area contributed by atoms with Crippen LogP contribution >= 0.6 is 0 Å². The van der Waals surface area contributed by atoms with Crippen molar-refractivity contribution in [2.75, 3.05) is 11.9 Å². The maximum Gasteiger partial charge on any atom is 0.242 e. The molecule has 2 unspecified atom stereocenters. The van der Waals surface area contributed by atoms with Gasteiger partial charge in [-0.05, 0) is 48.7 Å². The normalized spacial score (nSPS) is 19.0. The summed E-state index contributed by atoms with van der Waals surface area (Å²) in [5, 5.41) is 6.51. The molecule has 4 heteroatoms. The van der Waals surface area contributed by atoms with E-state index >= 15 is 0 Å². The number of rotatable bonds is 4. The van der Waals surface area contributed by atoms with Gasteiger partial charge in [0.15, 0.2) is 0 Å². The molecule has 136 valence electrons. The molecule has 4 rings (SSSR count). The minimum absolute atomic E-state index is 0.0211. The number of amides is 1. The summed E-state index contributed by atoms with van der Waals surface area (Å²) in [6.45, 7) is 2.87. The SMILES string of the molecule is Cc1ccc(-c2cccnc2)cc1NC(=O)C1NCCC1c1ccccc1. The van der Waals surface area contributed by atoms with Crippen LogP contribution < -0.4 is 10.6 Å². The van der Waals surface area contributed by atoms with Crippen molar-refractivity contribution in [3.63, 3.8) is 0 Å². The van der Waals surface area contributed by atoms with E-state index in [-0.39, 0.29) is 17.9 Å². The van der Waals surface area contributed by atoms with Crippen molar-refractivity contribution in [2.24, 2.45) is 0 Å². The lowest BCUT2D eigenvalue weighted by Crippen LogP contribution is -2.39. The molecule has 1 aliphatic heterocycles. The molecule has 1 saturated heterocycles. The number of pyridine rings is 1. The first-order chi connectivity index (χ1) is 13.2. The Kier molecular flexibility index (Phi) is 4.99. The molecular weight excluding hydrogens is 334 g/mol. The van der Waals surface area contributed by atoms with Gasteiger partial charge in [0.05, 0.1) is 6.04 Å². The van der Waals surface area contributed by atoms with E-state index in [0.29, 0.717) is 0 Å². The zero-order chi connectivity index (χ0) is 18.6. The Bertz CT molecular complexity index is 925. The van der Waals surface area contributed by atoms with Crippen LogP contribution in [0.15, 0.2) is 73.1 Å². The molecule has 2 aromatic carbocycles. The van der Waals surface area contributed by atoms with Crippen LogP contribution in [0.1, 0.15) is 23.5 Å².